The molecule has 1 atom stereocenters. The number of nitrogens with one attached hydrogen (secondary N) is 1. The van der Waals surface area contributed by atoms with Crippen molar-refractivity contribution in [2.45, 2.75) is 24.3 Å². The molecule has 1 N–H and O–H groups in total. The topological polar surface area (TPSA) is 71.8 Å². The maximum atomic E-state index is 13.0. The van der Waals surface area contributed by atoms with Crippen LogP contribution in [0.4, 0.5) is 0 Å². The van der Waals surface area contributed by atoms with Crippen molar-refractivity contribution in [3.8, 4) is 11.5 Å². The molecule has 0 saturated carbocycles. The lowest BCUT2D eigenvalue weighted by Crippen LogP contribution is -2.14. The van der Waals surface area contributed by atoms with Crippen LogP contribution < -0.4 is 0 Å². The Morgan fingerprint density at radius 3 is 2.81 bits per heavy atom. The molecule has 4 rings (SSSR count). The first kappa shape index (κ1) is 17.8. The summed E-state index contributed by atoms with van der Waals surface area (Å²) in [5.74, 6) is 0.403. The van der Waals surface area contributed by atoms with Crippen molar-refractivity contribution in [1.29, 1.82) is 0 Å². The molecule has 2 heterocycles. The van der Waals surface area contributed by atoms with E-state index < -0.39 is 0 Å². The van der Waals surface area contributed by atoms with Gasteiger partial charge in [-0.3, -0.25) is 4.79 Å². The Kier molecular flexibility index (Phi) is 4.76. The third kappa shape index (κ3) is 3.50. The number of ketones is 1. The number of carbonyl (C=O) groups is 1. The van der Waals surface area contributed by atoms with Crippen molar-refractivity contribution in [2.24, 2.45) is 0 Å². The van der Waals surface area contributed by atoms with Crippen LogP contribution in [0.15, 0.2) is 58.2 Å². The van der Waals surface area contributed by atoms with Gasteiger partial charge in [0, 0.05) is 32.7 Å². The number of thioether (sulfide) groups is 1. The van der Waals surface area contributed by atoms with Gasteiger partial charge in [-0.25, -0.2) is 0 Å². The van der Waals surface area contributed by atoms with Crippen LogP contribution >= 0.6 is 23.4 Å². The number of benzene rings is 2. The molecule has 0 aliphatic rings. The van der Waals surface area contributed by atoms with Crippen molar-refractivity contribution in [2.75, 3.05) is 0 Å². The highest BCUT2D eigenvalue weighted by atomic mass is 35.5. The average molecular weight is 398 g/mol. The number of carbonyl (C=O) groups excluding carboxylic acids is 1. The molecule has 0 saturated heterocycles. The van der Waals surface area contributed by atoms with Gasteiger partial charge in [0.2, 0.25) is 5.89 Å². The van der Waals surface area contributed by atoms with Crippen LogP contribution in [0.3, 0.4) is 0 Å². The summed E-state index contributed by atoms with van der Waals surface area (Å²) in [7, 11) is 0. The van der Waals surface area contributed by atoms with Gasteiger partial charge in [0.05, 0.1) is 5.25 Å². The molecular formula is C20H16ClN3O2S. The zero-order chi connectivity index (χ0) is 19.0. The highest BCUT2D eigenvalue weighted by molar-refractivity contribution is 8.00. The van der Waals surface area contributed by atoms with E-state index in [9.17, 15) is 4.79 Å². The molecule has 0 unspecified atom stereocenters. The highest BCUT2D eigenvalue weighted by Crippen LogP contribution is 2.31. The van der Waals surface area contributed by atoms with Gasteiger partial charge < -0.3 is 9.40 Å². The molecule has 0 bridgehead atoms. The van der Waals surface area contributed by atoms with Crippen molar-refractivity contribution in [3.63, 3.8) is 0 Å². The van der Waals surface area contributed by atoms with Crippen molar-refractivity contribution < 1.29 is 9.21 Å². The molecule has 2 aromatic carbocycles. The van der Waals surface area contributed by atoms with E-state index in [0.717, 1.165) is 22.2 Å². The van der Waals surface area contributed by atoms with Crippen LogP contribution in [-0.2, 0) is 0 Å². The van der Waals surface area contributed by atoms with E-state index in [1.807, 2.05) is 50.2 Å². The summed E-state index contributed by atoms with van der Waals surface area (Å²) in [6, 6.07) is 15.0. The summed E-state index contributed by atoms with van der Waals surface area (Å²) in [6.07, 6.45) is 0. The fourth-order valence-corrected chi connectivity index (χ4v) is 3.93. The zero-order valence-electron chi connectivity index (χ0n) is 14.7. The Bertz CT molecular complexity index is 1140. The first-order valence-electron chi connectivity index (χ1n) is 8.40. The van der Waals surface area contributed by atoms with Gasteiger partial charge in [0.1, 0.15) is 0 Å². The minimum Gasteiger partial charge on any atom is -0.411 e. The van der Waals surface area contributed by atoms with Gasteiger partial charge >= 0.3 is 0 Å². The van der Waals surface area contributed by atoms with Crippen LogP contribution in [0.2, 0.25) is 5.02 Å². The molecule has 0 amide bonds. The molecule has 0 aliphatic carbocycles. The number of halogens is 1. The first-order valence-corrected chi connectivity index (χ1v) is 9.66. The summed E-state index contributed by atoms with van der Waals surface area (Å²) >= 11 is 7.25. The molecule has 7 heteroatoms. The molecule has 0 fully saturated rings. The SMILES string of the molecule is Cc1[nH]c2ccccc2c1C(=O)[C@H](C)Sc1nnc(-c2cccc(Cl)c2)o1. The molecule has 0 spiro atoms. The average Bonchev–Trinajstić information content (AvgIpc) is 3.24. The predicted molar refractivity (Wildman–Crippen MR) is 107 cm³/mol. The number of hydrogen-bond donors (Lipinski definition) is 1. The number of hydrogen-bond acceptors (Lipinski definition) is 5. The largest absolute Gasteiger partial charge is 0.411 e. The van der Waals surface area contributed by atoms with Gasteiger partial charge in [-0.15, -0.1) is 10.2 Å². The Balaban J connectivity index is 1.56. The summed E-state index contributed by atoms with van der Waals surface area (Å²) < 4.78 is 5.70. The third-order valence-corrected chi connectivity index (χ3v) is 5.43. The number of nitrogens with zero attached hydrogens (tertiary/aromatic N) is 2. The third-order valence-electron chi connectivity index (χ3n) is 4.26. The number of aromatic amines is 1. The van der Waals surface area contributed by atoms with E-state index in [-0.39, 0.29) is 11.0 Å². The van der Waals surface area contributed by atoms with E-state index in [0.29, 0.717) is 21.7 Å². The lowest BCUT2D eigenvalue weighted by Gasteiger charge is -2.07. The van der Waals surface area contributed by atoms with E-state index >= 15 is 0 Å². The normalized spacial score (nSPS) is 12.4. The molecule has 0 radical (unpaired) electrons. The quantitative estimate of drug-likeness (QED) is 0.353. The minimum absolute atomic E-state index is 0.0254. The number of para-hydroxylation sites is 1. The number of rotatable bonds is 5. The van der Waals surface area contributed by atoms with Crippen LogP contribution in [-0.4, -0.2) is 26.2 Å². The second-order valence-electron chi connectivity index (χ2n) is 6.18. The molecule has 0 aliphatic heterocycles. The van der Waals surface area contributed by atoms with Crippen molar-refractivity contribution in [1.82, 2.24) is 15.2 Å². The van der Waals surface area contributed by atoms with E-state index in [1.54, 1.807) is 12.1 Å². The molecule has 27 heavy (non-hydrogen) atoms. The second-order valence-corrected chi connectivity index (χ2v) is 7.91. The predicted octanol–water partition coefficient (Wildman–Crippen LogP) is 5.54. The van der Waals surface area contributed by atoms with E-state index in [2.05, 4.69) is 15.2 Å². The number of H-pyrrole nitrogens is 1. The molecular weight excluding hydrogens is 382 g/mol. The zero-order valence-corrected chi connectivity index (χ0v) is 16.3. The van der Waals surface area contributed by atoms with Crippen LogP contribution in [0.1, 0.15) is 23.0 Å². The smallest absolute Gasteiger partial charge is 0.277 e. The fraction of sp³-hybridized carbons (Fsp3) is 0.150. The van der Waals surface area contributed by atoms with E-state index in [4.69, 9.17) is 16.0 Å². The molecule has 2 aromatic heterocycles. The Hall–Kier alpha value is -2.57. The lowest BCUT2D eigenvalue weighted by atomic mass is 10.1. The molecule has 5 nitrogen and oxygen atoms in total. The summed E-state index contributed by atoms with van der Waals surface area (Å²) in [4.78, 5) is 16.3. The Morgan fingerprint density at radius 2 is 2.00 bits per heavy atom. The monoisotopic (exact) mass is 397 g/mol. The van der Waals surface area contributed by atoms with Gasteiger partial charge in [-0.1, -0.05) is 47.6 Å². The van der Waals surface area contributed by atoms with Crippen LogP contribution in [0.25, 0.3) is 22.4 Å². The Labute approximate surface area is 165 Å². The number of fused-ring (bicyclic) bond motifs is 1. The lowest BCUT2D eigenvalue weighted by molar-refractivity contribution is 0.0994. The maximum absolute atomic E-state index is 13.0. The number of aromatic nitrogens is 3. The number of aryl methyl sites for hydroxylation is 1. The summed E-state index contributed by atoms with van der Waals surface area (Å²) in [5, 5.41) is 9.62. The van der Waals surface area contributed by atoms with Gasteiger partial charge in [0.25, 0.3) is 5.22 Å². The minimum atomic E-state index is -0.365. The highest BCUT2D eigenvalue weighted by Gasteiger charge is 2.24. The van der Waals surface area contributed by atoms with Crippen LogP contribution in [0.5, 0.6) is 0 Å². The first-order chi connectivity index (χ1) is 13.0. The van der Waals surface area contributed by atoms with Crippen molar-refractivity contribution in [3.05, 3.63) is 64.8 Å². The summed E-state index contributed by atoms with van der Waals surface area (Å²) in [5.41, 5.74) is 3.27. The maximum Gasteiger partial charge on any atom is 0.277 e. The van der Waals surface area contributed by atoms with Gasteiger partial charge in [-0.05, 0) is 38.1 Å². The molecule has 4 aromatic rings. The van der Waals surface area contributed by atoms with Crippen molar-refractivity contribution >= 4 is 40.0 Å². The Morgan fingerprint density at radius 1 is 1.19 bits per heavy atom. The molecule has 136 valence electrons. The number of Topliss-reactive ketones (excluding diaryl/α,β-unsaturated/α-hetero) is 1. The van der Waals surface area contributed by atoms with E-state index in [1.165, 1.54) is 11.8 Å². The van der Waals surface area contributed by atoms with Crippen LogP contribution in [0, 0.1) is 6.92 Å². The summed E-state index contributed by atoms with van der Waals surface area (Å²) in [6.45, 7) is 3.76. The van der Waals surface area contributed by atoms with Gasteiger partial charge in [0.15, 0.2) is 5.78 Å². The van der Waals surface area contributed by atoms with Gasteiger partial charge in [-0.2, -0.15) is 0 Å². The second kappa shape index (κ2) is 7.21. The fourth-order valence-electron chi connectivity index (χ4n) is 3.00. The standard InChI is InChI=1S/C20H16ClN3O2S/c1-11-17(15-8-3-4-9-16(15)22-11)18(25)12(2)27-20-24-23-19(26-20)13-6-5-7-14(21)10-13/h3-10,12,22H,1-2H3/t12-/m0/s1.